The molecule has 0 radical (unpaired) electrons. The van der Waals surface area contributed by atoms with Crippen LogP contribution in [0.2, 0.25) is 0 Å². The number of carbonyl (C=O) groups is 2. The maximum absolute atomic E-state index is 12.8. The zero-order valence-electron chi connectivity index (χ0n) is 18.5. The maximum Gasteiger partial charge on any atom is 0.408 e. The highest BCUT2D eigenvalue weighted by Gasteiger charge is 2.20. The van der Waals surface area contributed by atoms with Gasteiger partial charge in [0.2, 0.25) is 0 Å². The molecule has 1 amide bonds. The van der Waals surface area contributed by atoms with Crippen molar-refractivity contribution in [3.63, 3.8) is 0 Å². The van der Waals surface area contributed by atoms with E-state index in [0.29, 0.717) is 30.8 Å². The maximum atomic E-state index is 12.8. The number of ketones is 1. The average molecular weight is 460 g/mol. The van der Waals surface area contributed by atoms with Crippen LogP contribution in [0.1, 0.15) is 65.9 Å². The molecular weight excluding hydrogens is 430 g/mol. The summed E-state index contributed by atoms with van der Waals surface area (Å²) in [5, 5.41) is 20.9. The molecule has 172 valence electrons. The number of aromatic hydroxyl groups is 1. The SMILES string of the molecule is C/C(=C\c1ccc(CCC(C)C)s1)C(=O)c1c(O)cc(CCC/C=C/NC(=O)O)oc1=O. The first-order valence-corrected chi connectivity index (χ1v) is 11.3. The lowest BCUT2D eigenvalue weighted by atomic mass is 10.0. The molecule has 0 unspecified atom stereocenters. The Bertz CT molecular complexity index is 1060. The number of Topliss-reactive ketones (excluding diaryl/α,β-unsaturated/α-hetero) is 1. The molecule has 3 N–H and O–H groups in total. The van der Waals surface area contributed by atoms with Gasteiger partial charge in [-0.15, -0.1) is 11.3 Å². The van der Waals surface area contributed by atoms with Gasteiger partial charge in [-0.1, -0.05) is 19.9 Å². The minimum absolute atomic E-state index is 0.262. The highest BCUT2D eigenvalue weighted by molar-refractivity contribution is 7.12. The zero-order chi connectivity index (χ0) is 23.7. The van der Waals surface area contributed by atoms with Crippen molar-refractivity contribution >= 4 is 29.3 Å². The van der Waals surface area contributed by atoms with E-state index in [0.717, 1.165) is 17.7 Å². The fourth-order valence-electron chi connectivity index (χ4n) is 2.98. The van der Waals surface area contributed by atoms with Crippen LogP contribution in [-0.4, -0.2) is 22.1 Å². The van der Waals surface area contributed by atoms with E-state index < -0.39 is 23.3 Å². The van der Waals surface area contributed by atoms with E-state index in [4.69, 9.17) is 9.52 Å². The average Bonchev–Trinajstić information content (AvgIpc) is 3.15. The molecule has 0 saturated heterocycles. The third-order valence-electron chi connectivity index (χ3n) is 4.69. The van der Waals surface area contributed by atoms with Gasteiger partial charge in [-0.05, 0) is 62.3 Å². The summed E-state index contributed by atoms with van der Waals surface area (Å²) in [5.74, 6) is -0.0863. The fraction of sp³-hybridized carbons (Fsp3) is 0.375. The summed E-state index contributed by atoms with van der Waals surface area (Å²) < 4.78 is 5.22. The minimum atomic E-state index is -1.15. The van der Waals surface area contributed by atoms with Crippen molar-refractivity contribution in [2.45, 2.75) is 52.9 Å². The smallest absolute Gasteiger partial charge is 0.408 e. The van der Waals surface area contributed by atoms with Crippen molar-refractivity contribution in [1.82, 2.24) is 5.32 Å². The van der Waals surface area contributed by atoms with Crippen LogP contribution in [0.3, 0.4) is 0 Å². The van der Waals surface area contributed by atoms with Crippen LogP contribution >= 0.6 is 11.3 Å². The molecule has 0 aromatic carbocycles. The molecule has 0 atom stereocenters. The topological polar surface area (TPSA) is 117 Å². The molecular formula is C24H29NO6S. The number of hydrogen-bond donors (Lipinski definition) is 3. The Balaban J connectivity index is 2.05. The second-order valence-corrected chi connectivity index (χ2v) is 9.10. The van der Waals surface area contributed by atoms with Gasteiger partial charge in [-0.3, -0.25) is 10.1 Å². The highest BCUT2D eigenvalue weighted by Crippen LogP contribution is 2.24. The number of thiophene rings is 1. The van der Waals surface area contributed by atoms with Gasteiger partial charge in [-0.2, -0.15) is 0 Å². The summed E-state index contributed by atoms with van der Waals surface area (Å²) in [6.45, 7) is 5.97. The van der Waals surface area contributed by atoms with Crippen LogP contribution < -0.4 is 10.9 Å². The van der Waals surface area contributed by atoms with Gasteiger partial charge in [-0.25, -0.2) is 9.59 Å². The third kappa shape index (κ3) is 7.85. The molecule has 0 aliphatic heterocycles. The molecule has 32 heavy (non-hydrogen) atoms. The number of carbonyl (C=O) groups excluding carboxylic acids is 1. The normalized spacial score (nSPS) is 11.9. The molecule has 7 nitrogen and oxygen atoms in total. The molecule has 0 saturated carbocycles. The van der Waals surface area contributed by atoms with Gasteiger partial charge in [0.25, 0.3) is 0 Å². The lowest BCUT2D eigenvalue weighted by Crippen LogP contribution is -2.16. The Hall–Kier alpha value is -3.13. The summed E-state index contributed by atoms with van der Waals surface area (Å²) in [4.78, 5) is 37.6. The third-order valence-corrected chi connectivity index (χ3v) is 5.79. The number of hydrogen-bond acceptors (Lipinski definition) is 6. The Labute approximate surface area is 191 Å². The van der Waals surface area contributed by atoms with E-state index in [2.05, 4.69) is 19.2 Å². The first-order valence-electron chi connectivity index (χ1n) is 10.5. The second-order valence-electron chi connectivity index (χ2n) is 7.90. The van der Waals surface area contributed by atoms with Gasteiger partial charge in [0, 0.05) is 28.4 Å². The van der Waals surface area contributed by atoms with E-state index in [9.17, 15) is 19.5 Å². The first-order chi connectivity index (χ1) is 15.2. The van der Waals surface area contributed by atoms with E-state index in [1.807, 2.05) is 12.1 Å². The van der Waals surface area contributed by atoms with Crippen molar-refractivity contribution in [2.24, 2.45) is 5.92 Å². The minimum Gasteiger partial charge on any atom is -0.507 e. The highest BCUT2D eigenvalue weighted by atomic mass is 32.1. The molecule has 2 heterocycles. The number of rotatable bonds is 11. The fourth-order valence-corrected chi connectivity index (χ4v) is 4.01. The number of amides is 1. The van der Waals surface area contributed by atoms with Crippen molar-refractivity contribution in [3.8, 4) is 5.75 Å². The van der Waals surface area contributed by atoms with Crippen molar-refractivity contribution in [3.05, 3.63) is 67.5 Å². The molecule has 2 rings (SSSR count). The Morgan fingerprint density at radius 1 is 1.25 bits per heavy atom. The van der Waals surface area contributed by atoms with E-state index in [1.54, 1.807) is 30.4 Å². The first kappa shape index (κ1) is 25.1. The van der Waals surface area contributed by atoms with E-state index in [-0.39, 0.29) is 11.3 Å². The monoisotopic (exact) mass is 459 g/mol. The van der Waals surface area contributed by atoms with Crippen molar-refractivity contribution in [2.75, 3.05) is 0 Å². The standard InChI is InChI=1S/C24H29NO6S/c1-15(2)8-9-18-10-11-19(32-18)13-16(3)22(27)21-20(26)14-17(31-23(21)28)7-5-4-6-12-25-24(29)30/h6,10-15,25-26H,4-5,7-9H2,1-3H3,(H,29,30)/b12-6+,16-13+. The molecule has 0 fully saturated rings. The van der Waals surface area contributed by atoms with Crippen LogP contribution in [0.15, 0.2) is 45.3 Å². The van der Waals surface area contributed by atoms with Gasteiger partial charge >= 0.3 is 11.7 Å². The Morgan fingerprint density at radius 2 is 2.00 bits per heavy atom. The van der Waals surface area contributed by atoms with Crippen molar-refractivity contribution in [1.29, 1.82) is 0 Å². The number of aryl methyl sites for hydroxylation is 2. The van der Waals surface area contributed by atoms with Crippen LogP contribution in [0.4, 0.5) is 4.79 Å². The van der Waals surface area contributed by atoms with Crippen LogP contribution in [0.25, 0.3) is 6.08 Å². The van der Waals surface area contributed by atoms with Gasteiger partial charge in [0.05, 0.1) is 0 Å². The van der Waals surface area contributed by atoms with Gasteiger partial charge in [0.1, 0.15) is 17.1 Å². The molecule has 8 heteroatoms. The summed E-state index contributed by atoms with van der Waals surface area (Å²) in [7, 11) is 0. The van der Waals surface area contributed by atoms with Crippen molar-refractivity contribution < 1.29 is 24.2 Å². The lowest BCUT2D eigenvalue weighted by molar-refractivity contribution is 0.102. The van der Waals surface area contributed by atoms with Crippen LogP contribution in [0.5, 0.6) is 5.75 Å². The summed E-state index contributed by atoms with van der Waals surface area (Å²) in [6, 6.07) is 5.28. The number of nitrogens with one attached hydrogen (secondary N) is 1. The molecule has 0 aliphatic carbocycles. The molecule has 0 bridgehead atoms. The second kappa shape index (κ2) is 12.0. The Kier molecular flexibility index (Phi) is 9.46. The van der Waals surface area contributed by atoms with Crippen LogP contribution in [-0.2, 0) is 12.8 Å². The number of allylic oxidation sites excluding steroid dienone is 2. The number of carboxylic acid groups (broad SMARTS) is 1. The Morgan fingerprint density at radius 3 is 2.66 bits per heavy atom. The summed E-state index contributed by atoms with van der Waals surface area (Å²) >= 11 is 1.61. The molecule has 0 spiro atoms. The van der Waals surface area contributed by atoms with Gasteiger partial charge in [0.15, 0.2) is 5.78 Å². The number of unbranched alkanes of at least 4 members (excludes halogenated alkanes) is 1. The predicted molar refractivity (Wildman–Crippen MR) is 125 cm³/mol. The van der Waals surface area contributed by atoms with E-state index >= 15 is 0 Å². The molecule has 2 aromatic rings. The zero-order valence-corrected chi connectivity index (χ0v) is 19.3. The summed E-state index contributed by atoms with van der Waals surface area (Å²) in [6.07, 6.45) is 7.09. The predicted octanol–water partition coefficient (Wildman–Crippen LogP) is 5.39. The largest absolute Gasteiger partial charge is 0.507 e. The quantitative estimate of drug-likeness (QED) is 0.236. The molecule has 0 aliphatic rings. The van der Waals surface area contributed by atoms with Gasteiger partial charge < -0.3 is 14.6 Å². The summed E-state index contributed by atoms with van der Waals surface area (Å²) in [5.41, 5.74) is -0.900. The van der Waals surface area contributed by atoms with Crippen LogP contribution in [0, 0.1) is 5.92 Å². The van der Waals surface area contributed by atoms with E-state index in [1.165, 1.54) is 17.1 Å². The lowest BCUT2D eigenvalue weighted by Gasteiger charge is -2.05. The molecule has 2 aromatic heterocycles.